The first-order valence-electron chi connectivity index (χ1n) is 32.4. The summed E-state index contributed by atoms with van der Waals surface area (Å²) >= 11 is 0. The first-order chi connectivity index (χ1) is 45.3. The second-order valence-corrected chi connectivity index (χ2v) is 24.7. The van der Waals surface area contributed by atoms with Crippen molar-refractivity contribution in [3.63, 3.8) is 0 Å². The van der Waals surface area contributed by atoms with Crippen molar-refractivity contribution in [3.05, 3.63) is 238 Å². The van der Waals surface area contributed by atoms with Gasteiger partial charge in [-0.25, -0.2) is 33.2 Å². The van der Waals surface area contributed by atoms with Crippen molar-refractivity contribution >= 4 is 88.1 Å². The number of aryl methyl sites for hydroxylation is 16. The third-order valence-electron chi connectivity index (χ3n) is 17.5. The van der Waals surface area contributed by atoms with Gasteiger partial charge in [-0.2, -0.15) is 0 Å². The Labute approximate surface area is 539 Å². The average Bonchev–Trinajstić information content (AvgIpc) is 1.70. The second-order valence-electron chi connectivity index (χ2n) is 24.7. The highest BCUT2D eigenvalue weighted by atomic mass is 16.3. The lowest BCUT2D eigenvalue weighted by molar-refractivity contribution is -0.660. The van der Waals surface area contributed by atoms with E-state index in [1.54, 1.807) is 12.3 Å². The van der Waals surface area contributed by atoms with Crippen LogP contribution in [-0.2, 0) is 28.2 Å². The highest BCUT2D eigenvalue weighted by Crippen LogP contribution is 2.39. The van der Waals surface area contributed by atoms with Gasteiger partial charge < -0.3 is 17.7 Å². The minimum absolute atomic E-state index is 0.330. The van der Waals surface area contributed by atoms with Crippen molar-refractivity contribution in [3.8, 4) is 45.0 Å². The number of furan rings is 4. The van der Waals surface area contributed by atoms with E-state index in [1.807, 2.05) is 106 Å². The fraction of sp³-hybridized carbons (Fsp3) is 0.200. The molecule has 0 radical (unpaired) electrons. The minimum atomic E-state index is -2.11. The number of fused-ring (bicyclic) bond motifs is 12. The van der Waals surface area contributed by atoms with Crippen LogP contribution in [0.2, 0.25) is 0 Å². The van der Waals surface area contributed by atoms with Gasteiger partial charge in [0, 0.05) is 129 Å². The number of hydrogen-bond acceptors (Lipinski definition) is 8. The molecule has 0 aliphatic heterocycles. The van der Waals surface area contributed by atoms with E-state index in [-0.39, 0.29) is 0 Å². The molecule has 0 atom stereocenters. The standard InChI is InChI=1S/4C20H19N2O/c1-12-5-8-18(22(4)11-12)16-10-17-15-7-6-14(3)21-20(15)23-19(17)9-13(16)2;1-12-5-7-17(22(4)11-12)15-10-16-19(9-13(15)2)23-18-8-6-14(3)21-20(16)18;1-12-5-6-18(22(4)11-12)15-9-16-17-10-21-14(3)8-20(17)23-19(16)7-13(15)2;1-12-9-10-16(22(4)11-12)18-13(2)19-15-7-5-6-8-17(15)23-20(19)21-14(18)3/h4*5-11H,1-4H3/q4*+1/i1D3;;;. The van der Waals surface area contributed by atoms with Crippen molar-refractivity contribution < 1.29 is 40.0 Å². The highest BCUT2D eigenvalue weighted by molar-refractivity contribution is 6.09. The van der Waals surface area contributed by atoms with Gasteiger partial charge in [-0.05, 0) is 196 Å². The molecule has 16 aromatic rings. The molecule has 0 spiro atoms. The summed E-state index contributed by atoms with van der Waals surface area (Å²) in [5.41, 5.74) is 29.4. The third kappa shape index (κ3) is 11.3. The van der Waals surface area contributed by atoms with Crippen LogP contribution in [0.4, 0.5) is 0 Å². The number of hydrogen-bond donors (Lipinski definition) is 0. The lowest BCUT2D eigenvalue weighted by Gasteiger charge is -2.09. The normalized spacial score (nSPS) is 12.1. The predicted molar refractivity (Wildman–Crippen MR) is 369 cm³/mol. The smallest absolute Gasteiger partial charge is 0.227 e. The molecule has 12 heterocycles. The Hall–Kier alpha value is -10.7. The van der Waals surface area contributed by atoms with Gasteiger partial charge in [0.1, 0.15) is 61.6 Å². The Kier molecular flexibility index (Phi) is 14.7. The van der Waals surface area contributed by atoms with E-state index in [0.29, 0.717) is 11.3 Å². The van der Waals surface area contributed by atoms with Crippen LogP contribution in [0.3, 0.4) is 0 Å². The molecule has 16 rings (SSSR count). The summed E-state index contributed by atoms with van der Waals surface area (Å²) in [4.78, 5) is 18.3. The highest BCUT2D eigenvalue weighted by Gasteiger charge is 2.24. The molecule has 0 amide bonds. The molecule has 456 valence electrons. The largest absolute Gasteiger partial charge is 0.456 e. The van der Waals surface area contributed by atoms with Crippen LogP contribution in [0, 0.1) is 83.0 Å². The van der Waals surface area contributed by atoms with E-state index >= 15 is 0 Å². The molecule has 0 fully saturated rings. The van der Waals surface area contributed by atoms with E-state index < -0.39 is 6.85 Å². The molecular weight excluding hydrogens is 1140 g/mol. The molecule has 0 aliphatic carbocycles. The minimum Gasteiger partial charge on any atom is -0.456 e. The van der Waals surface area contributed by atoms with Crippen LogP contribution in [0.5, 0.6) is 0 Å². The molecule has 0 unspecified atom stereocenters. The summed E-state index contributed by atoms with van der Waals surface area (Å²) in [5.74, 6) is 0. The van der Waals surface area contributed by atoms with Crippen LogP contribution >= 0.6 is 0 Å². The van der Waals surface area contributed by atoms with Gasteiger partial charge in [0.25, 0.3) is 0 Å². The van der Waals surface area contributed by atoms with E-state index in [1.165, 1.54) is 67.2 Å². The number of pyridine rings is 8. The predicted octanol–water partition coefficient (Wildman–Crippen LogP) is 17.6. The fourth-order valence-corrected chi connectivity index (χ4v) is 12.9. The molecule has 0 N–H and O–H groups in total. The van der Waals surface area contributed by atoms with Gasteiger partial charge in [-0.3, -0.25) is 4.98 Å². The van der Waals surface area contributed by atoms with Crippen molar-refractivity contribution in [1.29, 1.82) is 0 Å². The quantitative estimate of drug-likeness (QED) is 0.160. The Morgan fingerprint density at radius 1 is 0.359 bits per heavy atom. The number of aromatic nitrogens is 8. The van der Waals surface area contributed by atoms with Crippen molar-refractivity contribution in [2.75, 3.05) is 0 Å². The molecule has 0 bridgehead atoms. The maximum absolute atomic E-state index is 7.58. The van der Waals surface area contributed by atoms with Gasteiger partial charge in [-0.1, -0.05) is 18.2 Å². The number of rotatable bonds is 4. The molecule has 0 aliphatic rings. The maximum Gasteiger partial charge on any atom is 0.227 e. The van der Waals surface area contributed by atoms with E-state index in [9.17, 15) is 0 Å². The zero-order valence-electron chi connectivity index (χ0n) is 57.9. The van der Waals surface area contributed by atoms with Crippen molar-refractivity contribution in [1.82, 2.24) is 19.9 Å². The van der Waals surface area contributed by atoms with Crippen LogP contribution in [-0.4, -0.2) is 19.9 Å². The topological polar surface area (TPSA) is 120 Å². The van der Waals surface area contributed by atoms with Crippen LogP contribution in [0.1, 0.15) is 71.4 Å². The van der Waals surface area contributed by atoms with E-state index in [4.69, 9.17) is 26.8 Å². The van der Waals surface area contributed by atoms with Gasteiger partial charge in [0.2, 0.25) is 34.2 Å². The average molecular weight is 1220 g/mol. The van der Waals surface area contributed by atoms with E-state index in [0.717, 1.165) is 122 Å². The number of para-hydroxylation sites is 1. The number of benzene rings is 4. The van der Waals surface area contributed by atoms with Crippen molar-refractivity contribution in [2.24, 2.45) is 28.2 Å². The molecular formula is C80H76N8O4+4. The van der Waals surface area contributed by atoms with Gasteiger partial charge >= 0.3 is 0 Å². The van der Waals surface area contributed by atoms with E-state index in [2.05, 4.69) is 190 Å². The Bertz CT molecular complexity index is 5750. The molecule has 4 aromatic carbocycles. The van der Waals surface area contributed by atoms with Gasteiger partial charge in [-0.15, -0.1) is 0 Å². The Morgan fingerprint density at radius 3 is 1.43 bits per heavy atom. The molecule has 12 heteroatoms. The SMILES string of the molecule is Cc1ccc(-c2c(C)nc3oc4ccccc4c3c2C)[n+](C)c1.Cc1ccc(-c2cc3c(cc2C)oc2cc(C)ncc23)[n+](C)c1.Cc1ccc(-c2cc3c(cc2C)oc2ccc(C)nc23)[n+](C)c1.[2H]C([2H])([2H])c1ccc(-c2cc3c(cc2C)oc2nc(C)ccc23)[n+](C)c1. The molecule has 0 saturated heterocycles. The summed E-state index contributed by atoms with van der Waals surface area (Å²) in [5, 5.41) is 7.49. The first-order valence-corrected chi connectivity index (χ1v) is 30.9. The fourth-order valence-electron chi connectivity index (χ4n) is 12.9. The van der Waals surface area contributed by atoms with Crippen LogP contribution < -0.4 is 18.3 Å². The zero-order chi connectivity index (χ0) is 67.0. The summed E-state index contributed by atoms with van der Waals surface area (Å²) in [7, 11) is 8.12. The monoisotopic (exact) mass is 1220 g/mol. The summed E-state index contributed by atoms with van der Waals surface area (Å²) < 4.78 is 54.9. The Morgan fingerprint density at radius 2 is 0.837 bits per heavy atom. The summed E-state index contributed by atoms with van der Waals surface area (Å²) in [6.45, 7) is 20.6. The van der Waals surface area contributed by atoms with Crippen LogP contribution in [0.25, 0.3) is 133 Å². The molecule has 12 nitrogen and oxygen atoms in total. The zero-order valence-corrected chi connectivity index (χ0v) is 54.9. The lowest BCUT2D eigenvalue weighted by Crippen LogP contribution is -2.31. The second kappa shape index (κ2) is 23.9. The van der Waals surface area contributed by atoms with Gasteiger partial charge in [0.15, 0.2) is 30.4 Å². The Balaban J connectivity index is 0.000000115. The lowest BCUT2D eigenvalue weighted by atomic mass is 9.99. The molecule has 92 heavy (non-hydrogen) atoms. The first kappa shape index (κ1) is 56.5. The van der Waals surface area contributed by atoms with Gasteiger partial charge in [0.05, 0.1) is 16.6 Å². The molecule has 0 saturated carbocycles. The van der Waals surface area contributed by atoms with Crippen LogP contribution in [0.15, 0.2) is 188 Å². The third-order valence-corrected chi connectivity index (χ3v) is 17.5. The number of nitrogens with zero attached hydrogens (tertiary/aromatic N) is 8. The summed E-state index contributed by atoms with van der Waals surface area (Å²) in [6, 6.07) is 47.4. The molecule has 12 aromatic heterocycles. The maximum atomic E-state index is 7.58. The summed E-state index contributed by atoms with van der Waals surface area (Å²) in [6.07, 6.45) is 10.0. The van der Waals surface area contributed by atoms with Crippen molar-refractivity contribution in [2.45, 2.75) is 83.0 Å².